The lowest BCUT2D eigenvalue weighted by atomic mass is 9.79. The van der Waals surface area contributed by atoms with Gasteiger partial charge in [-0.1, -0.05) is 0 Å². The largest absolute Gasteiger partial charge is 0.338 e. The van der Waals surface area contributed by atoms with Crippen LogP contribution in [0.2, 0.25) is 0 Å². The van der Waals surface area contributed by atoms with Crippen LogP contribution in [0.1, 0.15) is 29.6 Å². The van der Waals surface area contributed by atoms with Gasteiger partial charge in [-0.05, 0) is 44.0 Å². The third kappa shape index (κ3) is 2.84. The van der Waals surface area contributed by atoms with Gasteiger partial charge < -0.3 is 4.90 Å². The van der Waals surface area contributed by atoms with Gasteiger partial charge in [0.25, 0.3) is 5.91 Å². The molecule has 1 N–H and O–H groups in total. The van der Waals surface area contributed by atoms with Gasteiger partial charge in [-0.25, -0.2) is 0 Å². The molecule has 1 unspecified atom stereocenters. The highest BCUT2D eigenvalue weighted by atomic mass is 32.2. The number of carbonyl (C=O) groups excluding carboxylic acids is 3. The first kappa shape index (κ1) is 16.7. The average molecular weight is 345 g/mol. The van der Waals surface area contributed by atoms with E-state index in [9.17, 15) is 14.4 Å². The predicted octanol–water partition coefficient (Wildman–Crippen LogP) is 2.01. The number of benzene rings is 1. The van der Waals surface area contributed by atoms with Crippen LogP contribution < -0.4 is 5.32 Å². The smallest absolute Gasteiger partial charge is 0.253 e. The number of thioether (sulfide) groups is 1. The van der Waals surface area contributed by atoms with Gasteiger partial charge in [0.15, 0.2) is 0 Å². The Bertz CT molecular complexity index is 734. The van der Waals surface area contributed by atoms with Crippen LogP contribution in [0.5, 0.6) is 0 Å². The first-order chi connectivity index (χ1) is 11.5. The van der Waals surface area contributed by atoms with Crippen LogP contribution in [0.15, 0.2) is 28.1 Å². The van der Waals surface area contributed by atoms with Crippen molar-refractivity contribution >= 4 is 41.9 Å². The molecule has 1 aromatic carbocycles. The molecule has 3 amide bonds. The molecule has 0 saturated carbocycles. The molecular weight excluding hydrogens is 326 g/mol. The van der Waals surface area contributed by atoms with Crippen molar-refractivity contribution in [1.82, 2.24) is 10.2 Å². The molecule has 0 aliphatic carbocycles. The molecule has 2 fully saturated rings. The van der Waals surface area contributed by atoms with Crippen molar-refractivity contribution in [2.45, 2.75) is 24.2 Å². The van der Waals surface area contributed by atoms with Gasteiger partial charge in [0, 0.05) is 30.0 Å². The third-order valence-corrected chi connectivity index (χ3v) is 5.57. The fourth-order valence-corrected chi connectivity index (χ4v) is 3.93. The summed E-state index contributed by atoms with van der Waals surface area (Å²) in [5, 5.41) is 2.41. The Labute approximate surface area is 144 Å². The number of nitrogens with zero attached hydrogens (tertiary/aromatic N) is 2. The first-order valence-electron chi connectivity index (χ1n) is 7.77. The number of hydrogen-bond donors (Lipinski definition) is 1. The van der Waals surface area contributed by atoms with E-state index in [1.165, 1.54) is 11.8 Å². The fourth-order valence-electron chi connectivity index (χ4n) is 3.35. The zero-order valence-corrected chi connectivity index (χ0v) is 14.3. The van der Waals surface area contributed by atoms with Gasteiger partial charge in [0.2, 0.25) is 11.8 Å². The number of piperidine rings is 1. The molecule has 2 aliphatic heterocycles. The van der Waals surface area contributed by atoms with E-state index in [2.05, 4.69) is 17.0 Å². The van der Waals surface area contributed by atoms with Crippen LogP contribution in [0, 0.1) is 5.41 Å². The van der Waals surface area contributed by atoms with Crippen LogP contribution in [0.4, 0.5) is 5.69 Å². The second kappa shape index (κ2) is 6.39. The molecular formula is C17H19N3O3S. The van der Waals surface area contributed by atoms with E-state index in [4.69, 9.17) is 0 Å². The second-order valence-corrected chi connectivity index (χ2v) is 7.03. The third-order valence-electron chi connectivity index (χ3n) is 4.80. The lowest BCUT2D eigenvalue weighted by Gasteiger charge is -2.31. The predicted molar refractivity (Wildman–Crippen MR) is 92.8 cm³/mol. The maximum absolute atomic E-state index is 12.8. The van der Waals surface area contributed by atoms with Gasteiger partial charge in [-0.2, -0.15) is 0 Å². The summed E-state index contributed by atoms with van der Waals surface area (Å²) in [6.45, 7) is 4.42. The Morgan fingerprint density at radius 3 is 2.83 bits per heavy atom. The molecule has 1 atom stereocenters. The molecule has 3 rings (SSSR count). The van der Waals surface area contributed by atoms with Crippen molar-refractivity contribution in [3.8, 4) is 0 Å². The van der Waals surface area contributed by atoms with Gasteiger partial charge in [-0.15, -0.1) is 11.8 Å². The maximum atomic E-state index is 12.8. The number of amides is 3. The van der Waals surface area contributed by atoms with Gasteiger partial charge in [0.1, 0.15) is 0 Å². The molecule has 24 heavy (non-hydrogen) atoms. The highest BCUT2D eigenvalue weighted by Crippen LogP contribution is 2.38. The van der Waals surface area contributed by atoms with Gasteiger partial charge in [-0.3, -0.25) is 24.7 Å². The zero-order chi connectivity index (χ0) is 17.3. The van der Waals surface area contributed by atoms with Gasteiger partial charge >= 0.3 is 0 Å². The minimum absolute atomic E-state index is 0.0949. The summed E-state index contributed by atoms with van der Waals surface area (Å²) in [6, 6.07) is 5.33. The second-order valence-electron chi connectivity index (χ2n) is 6.18. The molecule has 2 saturated heterocycles. The Kier molecular flexibility index (Phi) is 4.45. The SMILES string of the molecule is C=Nc1ccc(C(=O)N2CCC3(CCC(=O)NC3=O)C2)cc1SC. The number of aliphatic imine (C=N–C) groups is 1. The number of rotatable bonds is 3. The van der Waals surface area contributed by atoms with Crippen LogP contribution in [-0.2, 0) is 9.59 Å². The highest BCUT2D eigenvalue weighted by Gasteiger charge is 2.48. The summed E-state index contributed by atoms with van der Waals surface area (Å²) in [4.78, 5) is 42.9. The first-order valence-corrected chi connectivity index (χ1v) is 9.00. The normalized spacial score (nSPS) is 23.5. The van der Waals surface area contributed by atoms with Crippen LogP contribution in [0.3, 0.4) is 0 Å². The fraction of sp³-hybridized carbons (Fsp3) is 0.412. The Morgan fingerprint density at radius 1 is 1.38 bits per heavy atom. The number of imide groups is 1. The Hall–Kier alpha value is -2.15. The van der Waals surface area contributed by atoms with E-state index in [-0.39, 0.29) is 17.7 Å². The molecule has 7 heteroatoms. The van der Waals surface area contributed by atoms with Crippen molar-refractivity contribution in [2.24, 2.45) is 10.4 Å². The van der Waals surface area contributed by atoms with E-state index in [0.29, 0.717) is 37.9 Å². The van der Waals surface area contributed by atoms with Crippen LogP contribution in [0.25, 0.3) is 0 Å². The molecule has 0 radical (unpaired) electrons. The number of carbonyl (C=O) groups is 3. The monoisotopic (exact) mass is 345 g/mol. The lowest BCUT2D eigenvalue weighted by molar-refractivity contribution is -0.141. The number of hydrogen-bond acceptors (Lipinski definition) is 5. The van der Waals surface area contributed by atoms with E-state index >= 15 is 0 Å². The highest BCUT2D eigenvalue weighted by molar-refractivity contribution is 7.98. The van der Waals surface area contributed by atoms with Crippen molar-refractivity contribution in [3.63, 3.8) is 0 Å². The molecule has 0 aromatic heterocycles. The topological polar surface area (TPSA) is 78.8 Å². The molecule has 2 aliphatic rings. The lowest BCUT2D eigenvalue weighted by Crippen LogP contribution is -2.50. The summed E-state index contributed by atoms with van der Waals surface area (Å²) in [7, 11) is 0. The summed E-state index contributed by atoms with van der Waals surface area (Å²) in [5.74, 6) is -0.569. The van der Waals surface area contributed by atoms with Crippen molar-refractivity contribution in [3.05, 3.63) is 23.8 Å². The standard InChI is InChI=1S/C17H19N3O3S/c1-18-12-4-3-11(9-13(12)24-2)15(22)20-8-7-17(10-20)6-5-14(21)19-16(17)23/h3-4,9H,1,5-8,10H2,2H3,(H,19,21,23). The molecule has 1 aromatic rings. The Morgan fingerprint density at radius 2 is 2.17 bits per heavy atom. The van der Waals surface area contributed by atoms with Crippen molar-refractivity contribution in [2.75, 3.05) is 19.3 Å². The summed E-state index contributed by atoms with van der Waals surface area (Å²) in [6.07, 6.45) is 3.37. The average Bonchev–Trinajstić information content (AvgIpc) is 3.03. The van der Waals surface area contributed by atoms with E-state index in [1.54, 1.807) is 17.0 Å². The number of nitrogens with one attached hydrogen (secondary N) is 1. The summed E-state index contributed by atoms with van der Waals surface area (Å²) in [5.41, 5.74) is 0.715. The Balaban J connectivity index is 1.79. The minimum atomic E-state index is -0.617. The van der Waals surface area contributed by atoms with Gasteiger partial charge in [0.05, 0.1) is 11.1 Å². The van der Waals surface area contributed by atoms with Crippen LogP contribution in [-0.4, -0.2) is 48.7 Å². The van der Waals surface area contributed by atoms with Crippen molar-refractivity contribution < 1.29 is 14.4 Å². The zero-order valence-electron chi connectivity index (χ0n) is 13.5. The van der Waals surface area contributed by atoms with E-state index in [0.717, 1.165) is 10.6 Å². The van der Waals surface area contributed by atoms with Crippen molar-refractivity contribution in [1.29, 1.82) is 0 Å². The number of likely N-dealkylation sites (tertiary alicyclic amines) is 1. The van der Waals surface area contributed by atoms with E-state index < -0.39 is 5.41 Å². The van der Waals surface area contributed by atoms with Crippen LogP contribution >= 0.6 is 11.8 Å². The maximum Gasteiger partial charge on any atom is 0.253 e. The minimum Gasteiger partial charge on any atom is -0.338 e. The summed E-state index contributed by atoms with van der Waals surface area (Å²) >= 11 is 1.51. The molecule has 1 spiro atoms. The molecule has 0 bridgehead atoms. The quantitative estimate of drug-likeness (QED) is 0.516. The molecule has 2 heterocycles. The summed E-state index contributed by atoms with van der Waals surface area (Å²) < 4.78 is 0. The molecule has 126 valence electrons. The molecule has 6 nitrogen and oxygen atoms in total. The van der Waals surface area contributed by atoms with E-state index in [1.807, 2.05) is 12.3 Å².